The van der Waals surface area contributed by atoms with Crippen molar-refractivity contribution in [3.8, 4) is 0 Å². The molecule has 0 radical (unpaired) electrons. The predicted molar refractivity (Wildman–Crippen MR) is 82.8 cm³/mol. The van der Waals surface area contributed by atoms with E-state index in [1.54, 1.807) is 4.88 Å². The van der Waals surface area contributed by atoms with Crippen molar-refractivity contribution in [3.63, 3.8) is 0 Å². The van der Waals surface area contributed by atoms with E-state index in [1.807, 2.05) is 11.3 Å². The van der Waals surface area contributed by atoms with Crippen molar-refractivity contribution in [2.45, 2.75) is 51.1 Å². The van der Waals surface area contributed by atoms with Gasteiger partial charge in [0.1, 0.15) is 0 Å². The predicted octanol–water partition coefficient (Wildman–Crippen LogP) is 3.45. The summed E-state index contributed by atoms with van der Waals surface area (Å²) in [6.45, 7) is 4.72. The molecule has 0 amide bonds. The molecule has 1 aliphatic carbocycles. The van der Waals surface area contributed by atoms with Gasteiger partial charge in [0.25, 0.3) is 0 Å². The molecule has 3 rings (SSSR count). The highest BCUT2D eigenvalue weighted by molar-refractivity contribution is 7.12. The fourth-order valence-electron chi connectivity index (χ4n) is 3.27. The third-order valence-electron chi connectivity index (χ3n) is 4.58. The van der Waals surface area contributed by atoms with E-state index in [-0.39, 0.29) is 0 Å². The number of hydrogen-bond donors (Lipinski definition) is 1. The Morgan fingerprint density at radius 3 is 2.84 bits per heavy atom. The van der Waals surface area contributed by atoms with Crippen LogP contribution in [0.4, 0.5) is 0 Å². The third-order valence-corrected chi connectivity index (χ3v) is 5.88. The fourth-order valence-corrected chi connectivity index (χ4v) is 4.48. The molecule has 2 heterocycles. The summed E-state index contributed by atoms with van der Waals surface area (Å²) in [5, 5.41) is 3.75. The van der Waals surface area contributed by atoms with Gasteiger partial charge in [-0.05, 0) is 63.7 Å². The Balaban J connectivity index is 1.71. The van der Waals surface area contributed by atoms with E-state index in [0.717, 1.165) is 12.0 Å². The van der Waals surface area contributed by atoms with Crippen molar-refractivity contribution >= 4 is 11.3 Å². The monoisotopic (exact) mass is 278 g/mol. The molecule has 1 aromatic rings. The third kappa shape index (κ3) is 3.21. The number of thiophene rings is 1. The van der Waals surface area contributed by atoms with Crippen LogP contribution in [0.2, 0.25) is 0 Å². The topological polar surface area (TPSA) is 15.3 Å². The lowest BCUT2D eigenvalue weighted by atomic mass is 9.88. The average molecular weight is 278 g/mol. The van der Waals surface area contributed by atoms with E-state index >= 15 is 0 Å². The number of piperidine rings is 1. The van der Waals surface area contributed by atoms with Gasteiger partial charge >= 0.3 is 0 Å². The van der Waals surface area contributed by atoms with Crippen molar-refractivity contribution in [1.82, 2.24) is 10.2 Å². The van der Waals surface area contributed by atoms with E-state index in [0.29, 0.717) is 6.04 Å². The normalized spacial score (nSPS) is 28.7. The fraction of sp³-hybridized carbons (Fsp3) is 0.750. The molecule has 1 saturated carbocycles. The summed E-state index contributed by atoms with van der Waals surface area (Å²) in [6, 6.07) is 6.18. The van der Waals surface area contributed by atoms with Crippen LogP contribution >= 0.6 is 11.3 Å². The van der Waals surface area contributed by atoms with E-state index in [9.17, 15) is 0 Å². The van der Waals surface area contributed by atoms with Gasteiger partial charge in [-0.1, -0.05) is 6.92 Å². The first-order valence-electron chi connectivity index (χ1n) is 7.80. The first kappa shape index (κ1) is 13.6. The molecule has 0 aromatic carbocycles. The van der Waals surface area contributed by atoms with Gasteiger partial charge < -0.3 is 5.32 Å². The number of likely N-dealkylation sites (tertiary alicyclic amines) is 1. The summed E-state index contributed by atoms with van der Waals surface area (Å²) in [5.74, 6) is 0.794. The molecular formula is C16H26N2S. The van der Waals surface area contributed by atoms with E-state index in [1.165, 1.54) is 50.1 Å². The Kier molecular flexibility index (Phi) is 4.25. The maximum atomic E-state index is 3.75. The number of hydrogen-bond acceptors (Lipinski definition) is 3. The molecule has 1 N–H and O–H groups in total. The standard InChI is InChI=1S/C16H26N2S/c1-3-14-8-9-15(19-14)16-12(5-4-10-18(16)2)11-17-13-6-7-13/h8-9,12-13,16-17H,3-7,10-11H2,1-2H3. The highest BCUT2D eigenvalue weighted by Gasteiger charge is 2.32. The van der Waals surface area contributed by atoms with Crippen LogP contribution in [-0.4, -0.2) is 31.1 Å². The minimum absolute atomic E-state index is 0.644. The molecule has 2 aliphatic rings. The molecule has 0 spiro atoms. The minimum Gasteiger partial charge on any atom is -0.314 e. The molecule has 1 aromatic heterocycles. The lowest BCUT2D eigenvalue weighted by Gasteiger charge is -2.39. The summed E-state index contributed by atoms with van der Waals surface area (Å²) >= 11 is 2.03. The van der Waals surface area contributed by atoms with Crippen LogP contribution < -0.4 is 5.32 Å². The molecule has 2 nitrogen and oxygen atoms in total. The number of rotatable bonds is 5. The lowest BCUT2D eigenvalue weighted by Crippen LogP contribution is -2.40. The van der Waals surface area contributed by atoms with Crippen LogP contribution in [-0.2, 0) is 6.42 Å². The van der Waals surface area contributed by atoms with E-state index in [2.05, 4.69) is 36.3 Å². The second-order valence-electron chi connectivity index (χ2n) is 6.17. The highest BCUT2D eigenvalue weighted by atomic mass is 32.1. The number of nitrogens with one attached hydrogen (secondary N) is 1. The summed E-state index contributed by atoms with van der Waals surface area (Å²) < 4.78 is 0. The van der Waals surface area contributed by atoms with Gasteiger partial charge in [0.2, 0.25) is 0 Å². The molecule has 19 heavy (non-hydrogen) atoms. The van der Waals surface area contributed by atoms with E-state index < -0.39 is 0 Å². The molecule has 2 atom stereocenters. The van der Waals surface area contributed by atoms with Gasteiger partial charge in [0.05, 0.1) is 0 Å². The summed E-state index contributed by atoms with van der Waals surface area (Å²) in [4.78, 5) is 5.69. The maximum Gasteiger partial charge on any atom is 0.0478 e. The molecule has 3 heteroatoms. The average Bonchev–Trinajstić information content (AvgIpc) is 3.13. The zero-order valence-electron chi connectivity index (χ0n) is 12.2. The van der Waals surface area contributed by atoms with Crippen molar-refractivity contribution in [3.05, 3.63) is 21.9 Å². The van der Waals surface area contributed by atoms with Crippen molar-refractivity contribution in [2.75, 3.05) is 20.1 Å². The van der Waals surface area contributed by atoms with Crippen molar-refractivity contribution in [1.29, 1.82) is 0 Å². The number of aryl methyl sites for hydroxylation is 1. The van der Waals surface area contributed by atoms with Gasteiger partial charge in [-0.15, -0.1) is 11.3 Å². The first-order valence-corrected chi connectivity index (χ1v) is 8.61. The quantitative estimate of drug-likeness (QED) is 0.887. The lowest BCUT2D eigenvalue weighted by molar-refractivity contribution is 0.122. The zero-order chi connectivity index (χ0) is 13.2. The Hall–Kier alpha value is -0.380. The highest BCUT2D eigenvalue weighted by Crippen LogP contribution is 2.38. The zero-order valence-corrected chi connectivity index (χ0v) is 13.0. The molecular weight excluding hydrogens is 252 g/mol. The Bertz CT molecular complexity index is 411. The number of nitrogens with zero attached hydrogens (tertiary/aromatic N) is 1. The first-order chi connectivity index (χ1) is 9.28. The largest absolute Gasteiger partial charge is 0.314 e. The van der Waals surface area contributed by atoms with Crippen LogP contribution in [0.15, 0.2) is 12.1 Å². The Labute approximate surface area is 121 Å². The van der Waals surface area contributed by atoms with Crippen LogP contribution in [0.25, 0.3) is 0 Å². The second-order valence-corrected chi connectivity index (χ2v) is 7.37. The summed E-state index contributed by atoms with van der Waals surface area (Å²) in [7, 11) is 2.30. The smallest absolute Gasteiger partial charge is 0.0478 e. The molecule has 1 aliphatic heterocycles. The Morgan fingerprint density at radius 1 is 1.32 bits per heavy atom. The maximum absolute atomic E-state index is 3.75. The van der Waals surface area contributed by atoms with Crippen LogP contribution in [0.3, 0.4) is 0 Å². The van der Waals surface area contributed by atoms with Gasteiger partial charge in [-0.25, -0.2) is 0 Å². The van der Waals surface area contributed by atoms with Crippen LogP contribution in [0.5, 0.6) is 0 Å². The van der Waals surface area contributed by atoms with Crippen molar-refractivity contribution in [2.24, 2.45) is 5.92 Å². The molecule has 0 bridgehead atoms. The molecule has 1 saturated heterocycles. The molecule has 2 fully saturated rings. The van der Waals surface area contributed by atoms with Crippen LogP contribution in [0.1, 0.15) is 48.4 Å². The second kappa shape index (κ2) is 5.94. The summed E-state index contributed by atoms with van der Waals surface area (Å²) in [6.07, 6.45) is 6.70. The minimum atomic E-state index is 0.644. The summed E-state index contributed by atoms with van der Waals surface area (Å²) in [5.41, 5.74) is 0. The molecule has 106 valence electrons. The van der Waals surface area contributed by atoms with Gasteiger partial charge in [-0.3, -0.25) is 4.90 Å². The van der Waals surface area contributed by atoms with Gasteiger partial charge in [-0.2, -0.15) is 0 Å². The Morgan fingerprint density at radius 2 is 2.16 bits per heavy atom. The van der Waals surface area contributed by atoms with E-state index in [4.69, 9.17) is 0 Å². The van der Waals surface area contributed by atoms with Crippen LogP contribution in [0, 0.1) is 5.92 Å². The van der Waals surface area contributed by atoms with Gasteiger partial charge in [0, 0.05) is 28.4 Å². The SMILES string of the molecule is CCc1ccc(C2C(CNC3CC3)CCCN2C)s1. The van der Waals surface area contributed by atoms with Crippen molar-refractivity contribution < 1.29 is 0 Å². The molecule has 2 unspecified atom stereocenters. The van der Waals surface area contributed by atoms with Gasteiger partial charge in [0.15, 0.2) is 0 Å².